The molecule has 0 saturated heterocycles. The smallest absolute Gasteiger partial charge is 0.141 e. The van der Waals surface area contributed by atoms with Crippen molar-refractivity contribution in [2.75, 3.05) is 25.6 Å². The first-order valence-electron chi connectivity index (χ1n) is 6.78. The summed E-state index contributed by atoms with van der Waals surface area (Å²) < 4.78 is 11.2. The van der Waals surface area contributed by atoms with Gasteiger partial charge in [-0.2, -0.15) is 0 Å². The Morgan fingerprint density at radius 1 is 0.950 bits per heavy atom. The van der Waals surface area contributed by atoms with E-state index in [9.17, 15) is 0 Å². The maximum Gasteiger partial charge on any atom is 0.141 e. The second-order valence-electron chi connectivity index (χ2n) is 4.70. The van der Waals surface area contributed by atoms with E-state index in [1.54, 1.807) is 7.11 Å². The zero-order valence-corrected chi connectivity index (χ0v) is 12.3. The first-order chi connectivity index (χ1) is 9.72. The normalized spacial score (nSPS) is 10.2. The minimum absolute atomic E-state index is 0.615. The number of hydrogen-bond acceptors (Lipinski definition) is 3. The molecule has 2 aromatic carbocycles. The summed E-state index contributed by atoms with van der Waals surface area (Å²) >= 11 is 0. The van der Waals surface area contributed by atoms with Crippen molar-refractivity contribution in [1.29, 1.82) is 0 Å². The van der Waals surface area contributed by atoms with Crippen LogP contribution >= 0.6 is 0 Å². The minimum atomic E-state index is 0.615. The molecule has 0 aromatic heterocycles. The van der Waals surface area contributed by atoms with Gasteiger partial charge in [-0.25, -0.2) is 0 Å². The minimum Gasteiger partial charge on any atom is -0.495 e. The fourth-order valence-corrected chi connectivity index (χ4v) is 2.16. The van der Waals surface area contributed by atoms with E-state index in [2.05, 4.69) is 31.3 Å². The first-order valence-corrected chi connectivity index (χ1v) is 6.78. The highest BCUT2D eigenvalue weighted by Crippen LogP contribution is 2.24. The van der Waals surface area contributed by atoms with E-state index in [1.165, 1.54) is 11.1 Å². The van der Waals surface area contributed by atoms with Crippen LogP contribution in [0.1, 0.15) is 11.1 Å². The van der Waals surface area contributed by atoms with Crippen molar-refractivity contribution in [2.45, 2.75) is 13.8 Å². The zero-order chi connectivity index (χ0) is 14.4. The van der Waals surface area contributed by atoms with Crippen LogP contribution in [-0.4, -0.2) is 20.3 Å². The molecule has 0 heterocycles. The topological polar surface area (TPSA) is 30.5 Å². The second-order valence-corrected chi connectivity index (χ2v) is 4.70. The molecule has 0 aliphatic carbocycles. The number of anilines is 1. The van der Waals surface area contributed by atoms with Crippen molar-refractivity contribution in [3.05, 3.63) is 53.6 Å². The van der Waals surface area contributed by atoms with Crippen molar-refractivity contribution in [2.24, 2.45) is 0 Å². The lowest BCUT2D eigenvalue weighted by Crippen LogP contribution is -2.13. The number of para-hydroxylation sites is 3. The standard InChI is InChI=1S/C17H21NO2/c1-13-7-6-8-14(2)17(13)20-12-11-18-15-9-4-5-10-16(15)19-3/h4-10,18H,11-12H2,1-3H3. The van der Waals surface area contributed by atoms with Crippen LogP contribution in [0.5, 0.6) is 11.5 Å². The molecule has 0 bridgehead atoms. The quantitative estimate of drug-likeness (QED) is 0.811. The molecule has 0 fully saturated rings. The molecule has 0 spiro atoms. The lowest BCUT2D eigenvalue weighted by Gasteiger charge is -2.14. The summed E-state index contributed by atoms with van der Waals surface area (Å²) in [5, 5.41) is 3.32. The van der Waals surface area contributed by atoms with Crippen LogP contribution in [-0.2, 0) is 0 Å². The summed E-state index contributed by atoms with van der Waals surface area (Å²) in [7, 11) is 1.67. The lowest BCUT2D eigenvalue weighted by atomic mass is 10.1. The SMILES string of the molecule is COc1ccccc1NCCOc1c(C)cccc1C. The predicted molar refractivity (Wildman–Crippen MR) is 82.9 cm³/mol. The van der Waals surface area contributed by atoms with Crippen LogP contribution in [0.25, 0.3) is 0 Å². The third-order valence-corrected chi connectivity index (χ3v) is 3.18. The Morgan fingerprint density at radius 2 is 1.65 bits per heavy atom. The molecule has 0 unspecified atom stereocenters. The number of hydrogen-bond donors (Lipinski definition) is 1. The van der Waals surface area contributed by atoms with E-state index in [1.807, 2.05) is 30.3 Å². The summed E-state index contributed by atoms with van der Waals surface area (Å²) in [4.78, 5) is 0. The van der Waals surface area contributed by atoms with Crippen LogP contribution in [0, 0.1) is 13.8 Å². The summed E-state index contributed by atoms with van der Waals surface area (Å²) in [6.45, 7) is 5.48. The second kappa shape index (κ2) is 6.85. The number of methoxy groups -OCH3 is 1. The molecule has 3 nitrogen and oxygen atoms in total. The van der Waals surface area contributed by atoms with Gasteiger partial charge >= 0.3 is 0 Å². The number of aryl methyl sites for hydroxylation is 2. The fourth-order valence-electron chi connectivity index (χ4n) is 2.16. The molecule has 2 rings (SSSR count). The van der Waals surface area contributed by atoms with Gasteiger partial charge in [0.15, 0.2) is 0 Å². The van der Waals surface area contributed by atoms with Gasteiger partial charge in [-0.1, -0.05) is 30.3 Å². The molecule has 106 valence electrons. The van der Waals surface area contributed by atoms with E-state index in [-0.39, 0.29) is 0 Å². The maximum atomic E-state index is 5.86. The first kappa shape index (κ1) is 14.3. The third kappa shape index (κ3) is 3.44. The zero-order valence-electron chi connectivity index (χ0n) is 12.3. The fraction of sp³-hybridized carbons (Fsp3) is 0.294. The van der Waals surface area contributed by atoms with Crippen molar-refractivity contribution >= 4 is 5.69 Å². The van der Waals surface area contributed by atoms with Gasteiger partial charge in [0.05, 0.1) is 12.8 Å². The van der Waals surface area contributed by atoms with Gasteiger partial charge in [0.25, 0.3) is 0 Å². The molecule has 0 radical (unpaired) electrons. The Bertz CT molecular complexity index is 546. The highest BCUT2D eigenvalue weighted by molar-refractivity contribution is 5.56. The van der Waals surface area contributed by atoms with Gasteiger partial charge in [-0.05, 0) is 37.1 Å². The van der Waals surface area contributed by atoms with E-state index >= 15 is 0 Å². The van der Waals surface area contributed by atoms with Crippen LogP contribution in [0.15, 0.2) is 42.5 Å². The summed E-state index contributed by atoms with van der Waals surface area (Å²) in [6.07, 6.45) is 0. The molecule has 0 aliphatic rings. The van der Waals surface area contributed by atoms with Gasteiger partial charge in [0.1, 0.15) is 18.1 Å². The van der Waals surface area contributed by atoms with Crippen LogP contribution in [0.4, 0.5) is 5.69 Å². The Balaban J connectivity index is 1.88. The van der Waals surface area contributed by atoms with Gasteiger partial charge in [-0.15, -0.1) is 0 Å². The average molecular weight is 271 g/mol. The average Bonchev–Trinajstić information content (AvgIpc) is 2.46. The molecule has 0 atom stereocenters. The Labute approximate surface area is 120 Å². The highest BCUT2D eigenvalue weighted by atomic mass is 16.5. The van der Waals surface area contributed by atoms with Gasteiger partial charge in [0, 0.05) is 6.54 Å². The molecule has 2 aromatic rings. The van der Waals surface area contributed by atoms with Crippen molar-refractivity contribution in [3.8, 4) is 11.5 Å². The molecule has 20 heavy (non-hydrogen) atoms. The summed E-state index contributed by atoms with van der Waals surface area (Å²) in [5.74, 6) is 1.83. The molecule has 0 aliphatic heterocycles. The van der Waals surface area contributed by atoms with E-state index in [0.29, 0.717) is 6.61 Å². The summed E-state index contributed by atoms with van der Waals surface area (Å²) in [6, 6.07) is 14.1. The molecule has 1 N–H and O–H groups in total. The molecule has 0 saturated carbocycles. The van der Waals surface area contributed by atoms with E-state index < -0.39 is 0 Å². The Hall–Kier alpha value is -2.16. The highest BCUT2D eigenvalue weighted by Gasteiger charge is 2.03. The van der Waals surface area contributed by atoms with E-state index in [0.717, 1.165) is 23.7 Å². The summed E-state index contributed by atoms with van der Waals surface area (Å²) in [5.41, 5.74) is 3.32. The van der Waals surface area contributed by atoms with E-state index in [4.69, 9.17) is 9.47 Å². The Kier molecular flexibility index (Phi) is 4.88. The number of ether oxygens (including phenoxy) is 2. The third-order valence-electron chi connectivity index (χ3n) is 3.18. The van der Waals surface area contributed by atoms with Gasteiger partial charge in [-0.3, -0.25) is 0 Å². The molecular weight excluding hydrogens is 250 g/mol. The van der Waals surface area contributed by atoms with Gasteiger partial charge < -0.3 is 14.8 Å². The van der Waals surface area contributed by atoms with Crippen molar-refractivity contribution < 1.29 is 9.47 Å². The monoisotopic (exact) mass is 271 g/mol. The lowest BCUT2D eigenvalue weighted by molar-refractivity contribution is 0.328. The largest absolute Gasteiger partial charge is 0.495 e. The number of benzene rings is 2. The molecule has 0 amide bonds. The Morgan fingerprint density at radius 3 is 2.35 bits per heavy atom. The van der Waals surface area contributed by atoms with Crippen molar-refractivity contribution in [3.63, 3.8) is 0 Å². The number of nitrogens with one attached hydrogen (secondary N) is 1. The number of rotatable bonds is 6. The van der Waals surface area contributed by atoms with Gasteiger partial charge in [0.2, 0.25) is 0 Å². The van der Waals surface area contributed by atoms with Crippen LogP contribution in [0.3, 0.4) is 0 Å². The molecular formula is C17H21NO2. The van der Waals surface area contributed by atoms with Crippen LogP contribution < -0.4 is 14.8 Å². The van der Waals surface area contributed by atoms with Crippen LogP contribution in [0.2, 0.25) is 0 Å². The predicted octanol–water partition coefficient (Wildman–Crippen LogP) is 3.80. The maximum absolute atomic E-state index is 5.86. The van der Waals surface area contributed by atoms with Crippen molar-refractivity contribution in [1.82, 2.24) is 0 Å². The molecule has 3 heteroatoms.